The SMILES string of the molecule is Nc1cc(F)c(N2CCC(CO)C2)cc1C(=O)O. The molecule has 4 N–H and O–H groups in total. The van der Waals surface area contributed by atoms with Gasteiger partial charge in [-0.25, -0.2) is 9.18 Å². The van der Waals surface area contributed by atoms with Crippen molar-refractivity contribution in [2.45, 2.75) is 6.42 Å². The molecule has 0 bridgehead atoms. The fraction of sp³-hybridized carbons (Fsp3) is 0.417. The molecule has 18 heavy (non-hydrogen) atoms. The number of halogens is 1. The number of carboxylic acids is 1. The normalized spacial score (nSPS) is 19.2. The van der Waals surface area contributed by atoms with Crippen molar-refractivity contribution >= 4 is 17.3 Å². The first kappa shape index (κ1) is 12.6. The van der Waals surface area contributed by atoms with E-state index in [-0.39, 0.29) is 29.5 Å². The van der Waals surface area contributed by atoms with Crippen molar-refractivity contribution in [3.63, 3.8) is 0 Å². The van der Waals surface area contributed by atoms with Gasteiger partial charge in [-0.2, -0.15) is 0 Å². The number of benzene rings is 1. The summed E-state index contributed by atoms with van der Waals surface area (Å²) < 4.78 is 13.8. The van der Waals surface area contributed by atoms with Crippen LogP contribution in [0.5, 0.6) is 0 Å². The number of nitrogen functional groups attached to an aromatic ring is 1. The molecule has 1 atom stereocenters. The number of aromatic carboxylic acids is 1. The summed E-state index contributed by atoms with van der Waals surface area (Å²) in [6.07, 6.45) is 0.767. The number of hydrogen-bond donors (Lipinski definition) is 3. The van der Waals surface area contributed by atoms with Crippen LogP contribution in [0.4, 0.5) is 15.8 Å². The Kier molecular flexibility index (Phi) is 3.38. The van der Waals surface area contributed by atoms with Crippen molar-refractivity contribution in [2.24, 2.45) is 5.92 Å². The van der Waals surface area contributed by atoms with Gasteiger partial charge in [-0.3, -0.25) is 0 Å². The van der Waals surface area contributed by atoms with E-state index < -0.39 is 11.8 Å². The lowest BCUT2D eigenvalue weighted by atomic mass is 10.1. The van der Waals surface area contributed by atoms with Gasteiger partial charge in [0.25, 0.3) is 0 Å². The lowest BCUT2D eigenvalue weighted by Gasteiger charge is -2.20. The average molecular weight is 254 g/mol. The molecule has 0 aromatic heterocycles. The first-order chi connectivity index (χ1) is 8.52. The van der Waals surface area contributed by atoms with Crippen LogP contribution >= 0.6 is 0 Å². The number of aliphatic hydroxyl groups excluding tert-OH is 1. The highest BCUT2D eigenvalue weighted by atomic mass is 19.1. The van der Waals surface area contributed by atoms with E-state index in [0.29, 0.717) is 13.1 Å². The highest BCUT2D eigenvalue weighted by Gasteiger charge is 2.25. The standard InChI is InChI=1S/C12H15FN2O3/c13-9-4-10(14)8(12(17)18)3-11(9)15-2-1-7(5-15)6-16/h3-4,7,16H,1-2,5-6,14H2,(H,17,18). The fourth-order valence-corrected chi connectivity index (χ4v) is 2.21. The molecule has 0 radical (unpaired) electrons. The van der Waals surface area contributed by atoms with Gasteiger partial charge in [0.1, 0.15) is 5.82 Å². The van der Waals surface area contributed by atoms with Crippen LogP contribution in [0, 0.1) is 11.7 Å². The molecule has 1 saturated heterocycles. The zero-order valence-electron chi connectivity index (χ0n) is 9.77. The zero-order chi connectivity index (χ0) is 13.3. The van der Waals surface area contributed by atoms with Crippen molar-refractivity contribution in [1.29, 1.82) is 0 Å². The predicted octanol–water partition coefficient (Wildman–Crippen LogP) is 0.925. The number of rotatable bonds is 3. The second-order valence-electron chi connectivity index (χ2n) is 4.48. The van der Waals surface area contributed by atoms with Gasteiger partial charge in [-0.1, -0.05) is 0 Å². The molecule has 1 fully saturated rings. The summed E-state index contributed by atoms with van der Waals surface area (Å²) >= 11 is 0. The fourth-order valence-electron chi connectivity index (χ4n) is 2.21. The second kappa shape index (κ2) is 4.81. The maximum absolute atomic E-state index is 13.8. The van der Waals surface area contributed by atoms with Crippen LogP contribution < -0.4 is 10.6 Å². The third kappa shape index (κ3) is 2.24. The minimum atomic E-state index is -1.17. The molecule has 5 nitrogen and oxygen atoms in total. The molecule has 98 valence electrons. The van der Waals surface area contributed by atoms with E-state index in [4.69, 9.17) is 15.9 Å². The zero-order valence-corrected chi connectivity index (χ0v) is 9.77. The lowest BCUT2D eigenvalue weighted by molar-refractivity contribution is 0.0698. The molecular weight excluding hydrogens is 239 g/mol. The highest BCUT2D eigenvalue weighted by Crippen LogP contribution is 2.29. The molecule has 1 aromatic rings. The Labute approximate surface area is 104 Å². The molecule has 1 aromatic carbocycles. The van der Waals surface area contributed by atoms with Crippen molar-refractivity contribution in [3.05, 3.63) is 23.5 Å². The van der Waals surface area contributed by atoms with Gasteiger partial charge in [0.15, 0.2) is 0 Å². The summed E-state index contributed by atoms with van der Waals surface area (Å²) in [5.74, 6) is -1.60. The first-order valence-corrected chi connectivity index (χ1v) is 5.71. The molecule has 0 spiro atoms. The third-order valence-electron chi connectivity index (χ3n) is 3.23. The molecular formula is C12H15FN2O3. The smallest absolute Gasteiger partial charge is 0.337 e. The number of nitrogens with two attached hydrogens (primary N) is 1. The summed E-state index contributed by atoms with van der Waals surface area (Å²) in [4.78, 5) is 12.7. The van der Waals surface area contributed by atoms with E-state index in [0.717, 1.165) is 12.5 Å². The average Bonchev–Trinajstić information content (AvgIpc) is 2.77. The monoisotopic (exact) mass is 254 g/mol. The molecule has 1 aliphatic heterocycles. The number of aliphatic hydroxyl groups is 1. The third-order valence-corrected chi connectivity index (χ3v) is 3.23. The van der Waals surface area contributed by atoms with Gasteiger partial charge in [0, 0.05) is 31.3 Å². The van der Waals surface area contributed by atoms with Gasteiger partial charge in [-0.15, -0.1) is 0 Å². The predicted molar refractivity (Wildman–Crippen MR) is 65.2 cm³/mol. The Morgan fingerprint density at radius 3 is 2.83 bits per heavy atom. The van der Waals surface area contributed by atoms with Crippen LogP contribution in [0.3, 0.4) is 0 Å². The summed E-state index contributed by atoms with van der Waals surface area (Å²) in [7, 11) is 0. The van der Waals surface area contributed by atoms with Gasteiger partial charge in [-0.05, 0) is 18.6 Å². The molecule has 1 unspecified atom stereocenters. The second-order valence-corrected chi connectivity index (χ2v) is 4.48. The van der Waals surface area contributed by atoms with E-state index >= 15 is 0 Å². The number of nitrogens with zero attached hydrogens (tertiary/aromatic N) is 1. The van der Waals surface area contributed by atoms with Gasteiger partial charge in [0.05, 0.1) is 11.3 Å². The van der Waals surface area contributed by atoms with Crippen LogP contribution in [-0.4, -0.2) is 35.9 Å². The first-order valence-electron chi connectivity index (χ1n) is 5.71. The molecule has 0 amide bonds. The molecule has 1 aliphatic rings. The van der Waals surface area contributed by atoms with Crippen LogP contribution in [0.1, 0.15) is 16.8 Å². The molecule has 6 heteroatoms. The minimum Gasteiger partial charge on any atom is -0.478 e. The van der Waals surface area contributed by atoms with Crippen molar-refractivity contribution in [2.75, 3.05) is 30.3 Å². The van der Waals surface area contributed by atoms with Crippen LogP contribution in [0.15, 0.2) is 12.1 Å². The topological polar surface area (TPSA) is 86.8 Å². The summed E-state index contributed by atoms with van der Waals surface area (Å²) in [5.41, 5.74) is 5.52. The maximum Gasteiger partial charge on any atom is 0.337 e. The Hall–Kier alpha value is -1.82. The molecule has 2 rings (SSSR count). The van der Waals surface area contributed by atoms with Crippen LogP contribution in [0.25, 0.3) is 0 Å². The van der Waals surface area contributed by atoms with E-state index in [1.807, 2.05) is 0 Å². The Morgan fingerprint density at radius 1 is 1.56 bits per heavy atom. The Bertz CT molecular complexity index is 479. The molecule has 1 heterocycles. The van der Waals surface area contributed by atoms with E-state index in [1.54, 1.807) is 4.90 Å². The van der Waals surface area contributed by atoms with Crippen molar-refractivity contribution in [3.8, 4) is 0 Å². The van der Waals surface area contributed by atoms with Gasteiger partial charge in [0.2, 0.25) is 0 Å². The summed E-state index contributed by atoms with van der Waals surface area (Å²) in [6, 6.07) is 2.29. The number of carbonyl (C=O) groups is 1. The summed E-state index contributed by atoms with van der Waals surface area (Å²) in [6.45, 7) is 1.18. The van der Waals surface area contributed by atoms with Crippen molar-refractivity contribution < 1.29 is 19.4 Å². The van der Waals surface area contributed by atoms with E-state index in [2.05, 4.69) is 0 Å². The number of anilines is 2. The van der Waals surface area contributed by atoms with Gasteiger partial charge < -0.3 is 20.8 Å². The molecule has 0 saturated carbocycles. The molecule has 0 aliphatic carbocycles. The maximum atomic E-state index is 13.8. The van der Waals surface area contributed by atoms with E-state index in [1.165, 1.54) is 6.07 Å². The quantitative estimate of drug-likeness (QED) is 0.698. The van der Waals surface area contributed by atoms with E-state index in [9.17, 15) is 9.18 Å². The minimum absolute atomic E-state index is 0.0544. The largest absolute Gasteiger partial charge is 0.478 e. The van der Waals surface area contributed by atoms with Crippen molar-refractivity contribution in [1.82, 2.24) is 0 Å². The summed E-state index contributed by atoms with van der Waals surface area (Å²) in [5, 5.41) is 18.0. The highest BCUT2D eigenvalue weighted by molar-refractivity contribution is 5.95. The number of carboxylic acid groups (broad SMARTS) is 1. The number of hydrogen-bond acceptors (Lipinski definition) is 4. The lowest BCUT2D eigenvalue weighted by Crippen LogP contribution is -2.22. The van der Waals surface area contributed by atoms with Crippen LogP contribution in [0.2, 0.25) is 0 Å². The van der Waals surface area contributed by atoms with Crippen LogP contribution in [-0.2, 0) is 0 Å². The Morgan fingerprint density at radius 2 is 2.28 bits per heavy atom. The Balaban J connectivity index is 2.33. The van der Waals surface area contributed by atoms with Gasteiger partial charge >= 0.3 is 5.97 Å².